The smallest absolute Gasteiger partial charge is 0.310 e. The summed E-state index contributed by atoms with van der Waals surface area (Å²) in [5.74, 6) is -1.45. The van der Waals surface area contributed by atoms with Gasteiger partial charge in [-0.05, 0) is 74.7 Å². The standard InChI is InChI=1S/C32H33NO6/c1-5-17-38-26-15-11-23(12-16-26)30(35)28-29(24-8-6-7-21(4)18-24)33(32(37)31(28)36)25-13-9-22(10-14-25)19-27(34)39-20(2)3/h6-16,18,20,29,35H,5,17,19H2,1-4H3/b30-28-. The number of aryl methyl sites for hydroxylation is 1. The molecule has 1 fully saturated rings. The van der Waals surface area contributed by atoms with Gasteiger partial charge in [-0.25, -0.2) is 0 Å². The predicted octanol–water partition coefficient (Wildman–Crippen LogP) is 5.90. The van der Waals surface area contributed by atoms with Gasteiger partial charge in [-0.3, -0.25) is 19.3 Å². The summed E-state index contributed by atoms with van der Waals surface area (Å²) in [6.07, 6.45) is 0.749. The molecule has 4 rings (SSSR count). The van der Waals surface area contributed by atoms with Gasteiger partial charge in [0.1, 0.15) is 11.5 Å². The number of aliphatic hydroxyl groups excluding tert-OH is 1. The molecule has 7 heteroatoms. The average molecular weight is 528 g/mol. The largest absolute Gasteiger partial charge is 0.507 e. The number of benzene rings is 3. The van der Waals surface area contributed by atoms with Crippen molar-refractivity contribution in [2.75, 3.05) is 11.5 Å². The Morgan fingerprint density at radius 1 is 1.00 bits per heavy atom. The lowest BCUT2D eigenvalue weighted by atomic mass is 9.94. The zero-order valence-electron chi connectivity index (χ0n) is 22.6. The number of ketones is 1. The van der Waals surface area contributed by atoms with Gasteiger partial charge in [0, 0.05) is 11.3 Å². The van der Waals surface area contributed by atoms with Crippen LogP contribution in [0.15, 0.2) is 78.4 Å². The highest BCUT2D eigenvalue weighted by Gasteiger charge is 2.47. The summed E-state index contributed by atoms with van der Waals surface area (Å²) in [7, 11) is 0. The Kier molecular flexibility index (Phi) is 8.49. The van der Waals surface area contributed by atoms with Gasteiger partial charge in [0.05, 0.1) is 30.7 Å². The van der Waals surface area contributed by atoms with Gasteiger partial charge in [-0.15, -0.1) is 0 Å². The van der Waals surface area contributed by atoms with Crippen molar-refractivity contribution in [2.45, 2.75) is 52.7 Å². The second kappa shape index (κ2) is 12.0. The number of nitrogens with zero attached hydrogens (tertiary/aromatic N) is 1. The SMILES string of the molecule is CCCOc1ccc(/C(O)=C2/C(=O)C(=O)N(c3ccc(CC(=O)OC(C)C)cc3)C2c2cccc(C)c2)cc1. The van der Waals surface area contributed by atoms with Crippen molar-refractivity contribution in [2.24, 2.45) is 0 Å². The summed E-state index contributed by atoms with van der Waals surface area (Å²) in [4.78, 5) is 40.3. The van der Waals surface area contributed by atoms with E-state index in [1.54, 1.807) is 62.4 Å². The van der Waals surface area contributed by atoms with Gasteiger partial charge in [0.25, 0.3) is 11.7 Å². The molecule has 0 spiro atoms. The first-order chi connectivity index (χ1) is 18.7. The van der Waals surface area contributed by atoms with E-state index in [1.807, 2.05) is 38.1 Å². The van der Waals surface area contributed by atoms with Gasteiger partial charge in [0.2, 0.25) is 0 Å². The van der Waals surface area contributed by atoms with E-state index < -0.39 is 17.7 Å². The summed E-state index contributed by atoms with van der Waals surface area (Å²) in [5, 5.41) is 11.3. The Hall–Kier alpha value is -4.39. The molecule has 0 saturated carbocycles. The number of aliphatic hydroxyl groups is 1. The van der Waals surface area contributed by atoms with Crippen molar-refractivity contribution in [3.63, 3.8) is 0 Å². The highest BCUT2D eigenvalue weighted by atomic mass is 16.5. The van der Waals surface area contributed by atoms with E-state index in [4.69, 9.17) is 9.47 Å². The topological polar surface area (TPSA) is 93.1 Å². The molecule has 0 aromatic heterocycles. The van der Waals surface area contributed by atoms with Crippen LogP contribution in [0.4, 0.5) is 5.69 Å². The van der Waals surface area contributed by atoms with Crippen LogP contribution >= 0.6 is 0 Å². The first-order valence-electron chi connectivity index (χ1n) is 13.1. The molecule has 39 heavy (non-hydrogen) atoms. The van der Waals surface area contributed by atoms with E-state index in [0.717, 1.165) is 17.5 Å². The van der Waals surface area contributed by atoms with Gasteiger partial charge >= 0.3 is 5.97 Å². The first-order valence-corrected chi connectivity index (χ1v) is 13.1. The summed E-state index contributed by atoms with van der Waals surface area (Å²) in [6.45, 7) is 8.09. The molecule has 202 valence electrons. The Morgan fingerprint density at radius 2 is 1.69 bits per heavy atom. The molecule has 1 aliphatic rings. The maximum Gasteiger partial charge on any atom is 0.310 e. The first kappa shape index (κ1) is 27.6. The maximum atomic E-state index is 13.4. The van der Waals surface area contributed by atoms with E-state index in [1.165, 1.54) is 4.90 Å². The predicted molar refractivity (Wildman–Crippen MR) is 150 cm³/mol. The fraction of sp³-hybridized carbons (Fsp3) is 0.281. The zero-order valence-corrected chi connectivity index (χ0v) is 22.6. The molecule has 7 nitrogen and oxygen atoms in total. The van der Waals surface area contributed by atoms with Crippen molar-refractivity contribution in [1.29, 1.82) is 0 Å². The molecular weight excluding hydrogens is 494 g/mol. The third kappa shape index (κ3) is 6.20. The van der Waals surface area contributed by atoms with E-state index in [9.17, 15) is 19.5 Å². The van der Waals surface area contributed by atoms with Gasteiger partial charge in [-0.2, -0.15) is 0 Å². The number of ether oxygens (including phenoxy) is 2. The van der Waals surface area contributed by atoms with Gasteiger partial charge in [0.15, 0.2) is 0 Å². The van der Waals surface area contributed by atoms with Crippen LogP contribution in [0.5, 0.6) is 5.75 Å². The monoisotopic (exact) mass is 527 g/mol. The van der Waals surface area contributed by atoms with Crippen LogP contribution < -0.4 is 9.64 Å². The fourth-order valence-corrected chi connectivity index (χ4v) is 4.58. The van der Waals surface area contributed by atoms with Crippen LogP contribution in [0.3, 0.4) is 0 Å². The zero-order chi connectivity index (χ0) is 28.1. The minimum atomic E-state index is -0.835. The summed E-state index contributed by atoms with van der Waals surface area (Å²) in [5.41, 5.74) is 3.27. The van der Waals surface area contributed by atoms with Crippen LogP contribution in [0, 0.1) is 6.92 Å². The molecule has 0 aliphatic carbocycles. The molecule has 1 saturated heterocycles. The second-order valence-electron chi connectivity index (χ2n) is 9.84. The highest BCUT2D eigenvalue weighted by molar-refractivity contribution is 6.51. The number of hydrogen-bond acceptors (Lipinski definition) is 6. The molecule has 1 N–H and O–H groups in total. The third-order valence-corrected chi connectivity index (χ3v) is 6.33. The Balaban J connectivity index is 1.74. The number of Topliss-reactive ketones (excluding diaryl/α,β-unsaturated/α-hetero) is 1. The Morgan fingerprint density at radius 3 is 2.31 bits per heavy atom. The molecule has 3 aromatic rings. The number of amides is 1. The van der Waals surface area contributed by atoms with Crippen LogP contribution in [-0.4, -0.2) is 35.5 Å². The van der Waals surface area contributed by atoms with Crippen LogP contribution in [0.25, 0.3) is 5.76 Å². The van der Waals surface area contributed by atoms with Crippen molar-refractivity contribution < 1.29 is 29.0 Å². The molecule has 1 aliphatic heterocycles. The van der Waals surface area contributed by atoms with Crippen molar-refractivity contribution in [1.82, 2.24) is 0 Å². The maximum absolute atomic E-state index is 13.4. The minimum Gasteiger partial charge on any atom is -0.507 e. The molecule has 1 atom stereocenters. The lowest BCUT2D eigenvalue weighted by molar-refractivity contribution is -0.146. The summed E-state index contributed by atoms with van der Waals surface area (Å²) in [6, 6.07) is 20.3. The van der Waals surface area contributed by atoms with Crippen molar-refractivity contribution in [3.8, 4) is 5.75 Å². The number of carbonyl (C=O) groups excluding carboxylic acids is 3. The van der Waals surface area contributed by atoms with E-state index in [2.05, 4.69) is 0 Å². The third-order valence-electron chi connectivity index (χ3n) is 6.33. The van der Waals surface area contributed by atoms with E-state index in [-0.39, 0.29) is 29.8 Å². The molecule has 1 amide bonds. The lowest BCUT2D eigenvalue weighted by Gasteiger charge is -2.26. The number of hydrogen-bond donors (Lipinski definition) is 1. The normalized spacial score (nSPS) is 16.5. The molecule has 0 radical (unpaired) electrons. The molecule has 1 unspecified atom stereocenters. The summed E-state index contributed by atoms with van der Waals surface area (Å²) >= 11 is 0. The van der Waals surface area contributed by atoms with Crippen LogP contribution in [0.1, 0.15) is 55.5 Å². The lowest BCUT2D eigenvalue weighted by Crippen LogP contribution is -2.29. The second-order valence-corrected chi connectivity index (χ2v) is 9.84. The van der Waals surface area contributed by atoms with Crippen LogP contribution in [0.2, 0.25) is 0 Å². The highest BCUT2D eigenvalue weighted by Crippen LogP contribution is 2.42. The van der Waals surface area contributed by atoms with Crippen molar-refractivity contribution >= 4 is 29.1 Å². The van der Waals surface area contributed by atoms with Gasteiger partial charge < -0.3 is 14.6 Å². The molecule has 3 aromatic carbocycles. The average Bonchev–Trinajstić information content (AvgIpc) is 3.17. The van der Waals surface area contributed by atoms with Crippen LogP contribution in [-0.2, 0) is 25.5 Å². The fourth-order valence-electron chi connectivity index (χ4n) is 4.58. The quantitative estimate of drug-likeness (QED) is 0.161. The minimum absolute atomic E-state index is 0.0115. The number of esters is 1. The number of anilines is 1. The van der Waals surface area contributed by atoms with Crippen molar-refractivity contribution in [3.05, 3.63) is 101 Å². The molecular formula is C32H33NO6. The Bertz CT molecular complexity index is 1390. The number of rotatable bonds is 9. The van der Waals surface area contributed by atoms with Gasteiger partial charge in [-0.1, -0.05) is 48.9 Å². The number of carbonyl (C=O) groups is 3. The van der Waals surface area contributed by atoms with E-state index in [0.29, 0.717) is 29.2 Å². The molecule has 1 heterocycles. The summed E-state index contributed by atoms with van der Waals surface area (Å²) < 4.78 is 10.8. The molecule has 0 bridgehead atoms. The Labute approximate surface area is 228 Å². The van der Waals surface area contributed by atoms with E-state index >= 15 is 0 Å².